The van der Waals surface area contributed by atoms with Gasteiger partial charge in [0, 0.05) is 18.8 Å². The van der Waals surface area contributed by atoms with E-state index in [0.717, 1.165) is 16.7 Å². The molecule has 2 aromatic rings. The van der Waals surface area contributed by atoms with Crippen LogP contribution in [0.15, 0.2) is 47.4 Å². The van der Waals surface area contributed by atoms with Crippen LogP contribution in [0.4, 0.5) is 5.69 Å². The second-order valence-corrected chi connectivity index (χ2v) is 11.9. The number of hydrogen-bond donors (Lipinski definition) is 1. The molecule has 7 nitrogen and oxygen atoms in total. The Kier molecular flexibility index (Phi) is 7.83. The molecule has 1 fully saturated rings. The SMILES string of the molecule is Cc1ccc(NC(=O)COC(=O)C2CCN(S(=O)(=O)c3ccc(C(C)(C)C)cc3)CC2)c(C)c1. The number of aryl methyl sites for hydroxylation is 2. The summed E-state index contributed by atoms with van der Waals surface area (Å²) in [4.78, 5) is 24.9. The Balaban J connectivity index is 1.50. The number of esters is 1. The van der Waals surface area contributed by atoms with E-state index < -0.39 is 27.8 Å². The van der Waals surface area contributed by atoms with Crippen molar-refractivity contribution in [2.45, 2.75) is 57.8 Å². The summed E-state index contributed by atoms with van der Waals surface area (Å²) in [6, 6.07) is 12.7. The van der Waals surface area contributed by atoms with Gasteiger partial charge in [-0.25, -0.2) is 8.42 Å². The summed E-state index contributed by atoms with van der Waals surface area (Å²) < 4.78 is 32.7. The van der Waals surface area contributed by atoms with Gasteiger partial charge in [0.1, 0.15) is 0 Å². The van der Waals surface area contributed by atoms with E-state index in [1.807, 2.05) is 44.2 Å². The Morgan fingerprint density at radius 1 is 1.03 bits per heavy atom. The van der Waals surface area contributed by atoms with Gasteiger partial charge >= 0.3 is 5.97 Å². The van der Waals surface area contributed by atoms with Crippen molar-refractivity contribution in [2.75, 3.05) is 25.0 Å². The molecule has 184 valence electrons. The molecule has 8 heteroatoms. The monoisotopic (exact) mass is 486 g/mol. The molecule has 0 bridgehead atoms. The number of nitrogens with zero attached hydrogens (tertiary/aromatic N) is 1. The van der Waals surface area contributed by atoms with Gasteiger partial charge < -0.3 is 10.1 Å². The molecule has 2 aromatic carbocycles. The average Bonchev–Trinajstić information content (AvgIpc) is 2.79. The number of benzene rings is 2. The minimum absolute atomic E-state index is 0.0587. The van der Waals surface area contributed by atoms with Gasteiger partial charge in [-0.2, -0.15) is 4.31 Å². The third-order valence-corrected chi connectivity index (χ3v) is 8.06. The van der Waals surface area contributed by atoms with Gasteiger partial charge in [-0.05, 0) is 61.4 Å². The number of amides is 1. The summed E-state index contributed by atoms with van der Waals surface area (Å²) in [6.45, 7) is 10.2. The van der Waals surface area contributed by atoms with E-state index in [-0.39, 0.29) is 30.0 Å². The third-order valence-electron chi connectivity index (χ3n) is 6.15. The molecule has 1 amide bonds. The highest BCUT2D eigenvalue weighted by molar-refractivity contribution is 7.89. The lowest BCUT2D eigenvalue weighted by molar-refractivity contribution is -0.152. The van der Waals surface area contributed by atoms with Gasteiger partial charge in [0.2, 0.25) is 10.0 Å². The number of hydrogen-bond acceptors (Lipinski definition) is 5. The maximum Gasteiger partial charge on any atom is 0.309 e. The highest BCUT2D eigenvalue weighted by atomic mass is 32.2. The normalized spacial score (nSPS) is 15.7. The van der Waals surface area contributed by atoms with Gasteiger partial charge in [0.25, 0.3) is 5.91 Å². The number of nitrogens with one attached hydrogen (secondary N) is 1. The van der Waals surface area contributed by atoms with Crippen molar-refractivity contribution in [2.24, 2.45) is 5.92 Å². The molecular weight excluding hydrogens is 452 g/mol. The van der Waals surface area contributed by atoms with E-state index >= 15 is 0 Å². The van der Waals surface area contributed by atoms with Crippen LogP contribution in [0.3, 0.4) is 0 Å². The predicted molar refractivity (Wildman–Crippen MR) is 132 cm³/mol. The number of piperidine rings is 1. The fourth-order valence-corrected chi connectivity index (χ4v) is 5.47. The molecule has 0 spiro atoms. The van der Waals surface area contributed by atoms with E-state index in [4.69, 9.17) is 4.74 Å². The molecule has 3 rings (SSSR count). The third kappa shape index (κ3) is 6.24. The van der Waals surface area contributed by atoms with Crippen molar-refractivity contribution in [3.05, 3.63) is 59.2 Å². The van der Waals surface area contributed by atoms with Gasteiger partial charge in [-0.15, -0.1) is 0 Å². The summed E-state index contributed by atoms with van der Waals surface area (Å²) >= 11 is 0. The lowest BCUT2D eigenvalue weighted by Crippen LogP contribution is -2.41. The zero-order valence-corrected chi connectivity index (χ0v) is 21.4. The van der Waals surface area contributed by atoms with Crippen molar-refractivity contribution < 1.29 is 22.7 Å². The van der Waals surface area contributed by atoms with Crippen LogP contribution in [0.5, 0.6) is 0 Å². The van der Waals surface area contributed by atoms with E-state index in [9.17, 15) is 18.0 Å². The molecule has 1 aliphatic rings. The molecule has 0 aromatic heterocycles. The van der Waals surface area contributed by atoms with Crippen LogP contribution >= 0.6 is 0 Å². The smallest absolute Gasteiger partial charge is 0.309 e. The maximum atomic E-state index is 13.0. The Morgan fingerprint density at radius 3 is 2.21 bits per heavy atom. The fourth-order valence-electron chi connectivity index (χ4n) is 4.00. The van der Waals surface area contributed by atoms with Crippen molar-refractivity contribution in [1.29, 1.82) is 0 Å². The van der Waals surface area contributed by atoms with Gasteiger partial charge in [0.15, 0.2) is 6.61 Å². The Morgan fingerprint density at radius 2 is 1.65 bits per heavy atom. The van der Waals surface area contributed by atoms with Crippen LogP contribution in [0.1, 0.15) is 50.3 Å². The molecule has 34 heavy (non-hydrogen) atoms. The first-order valence-electron chi connectivity index (χ1n) is 11.5. The van der Waals surface area contributed by atoms with Gasteiger partial charge in [0.05, 0.1) is 10.8 Å². The first-order chi connectivity index (χ1) is 15.9. The highest BCUT2D eigenvalue weighted by Gasteiger charge is 2.33. The van der Waals surface area contributed by atoms with Crippen LogP contribution in [0.2, 0.25) is 0 Å². The van der Waals surface area contributed by atoms with Crippen molar-refractivity contribution in [3.63, 3.8) is 0 Å². The van der Waals surface area contributed by atoms with Crippen molar-refractivity contribution >= 4 is 27.6 Å². The van der Waals surface area contributed by atoms with E-state index in [2.05, 4.69) is 26.1 Å². The van der Waals surface area contributed by atoms with Crippen molar-refractivity contribution in [1.82, 2.24) is 4.31 Å². The Bertz CT molecular complexity index is 1140. The lowest BCUT2D eigenvalue weighted by atomic mass is 9.87. The van der Waals surface area contributed by atoms with Crippen LogP contribution < -0.4 is 5.32 Å². The molecule has 0 saturated carbocycles. The lowest BCUT2D eigenvalue weighted by Gasteiger charge is -2.30. The summed E-state index contributed by atoms with van der Waals surface area (Å²) in [6.07, 6.45) is 0.716. The van der Waals surface area contributed by atoms with Crippen LogP contribution in [0.25, 0.3) is 0 Å². The number of rotatable bonds is 6. The fraction of sp³-hybridized carbons (Fsp3) is 0.462. The molecule has 0 atom stereocenters. The van der Waals surface area contributed by atoms with Crippen molar-refractivity contribution in [3.8, 4) is 0 Å². The number of sulfonamides is 1. The second kappa shape index (κ2) is 10.3. The molecule has 0 aliphatic carbocycles. The molecule has 1 heterocycles. The van der Waals surface area contributed by atoms with Gasteiger partial charge in [-0.1, -0.05) is 50.6 Å². The zero-order valence-electron chi connectivity index (χ0n) is 20.6. The van der Waals surface area contributed by atoms with E-state index in [1.54, 1.807) is 12.1 Å². The quantitative estimate of drug-likeness (QED) is 0.618. The summed E-state index contributed by atoms with van der Waals surface area (Å²) in [5, 5.41) is 2.75. The standard InChI is InChI=1S/C26H34N2O5S/c1-18-6-11-23(19(2)16-18)27-24(29)17-33-25(30)20-12-14-28(15-13-20)34(31,32)22-9-7-21(8-10-22)26(3,4)5/h6-11,16,20H,12-15,17H2,1-5H3,(H,27,29). The molecule has 0 radical (unpaired) electrons. The highest BCUT2D eigenvalue weighted by Crippen LogP contribution is 2.27. The Hall–Kier alpha value is -2.71. The first-order valence-corrected chi connectivity index (χ1v) is 13.0. The van der Waals surface area contributed by atoms with E-state index in [1.165, 1.54) is 4.31 Å². The van der Waals surface area contributed by atoms with Crippen LogP contribution in [-0.2, 0) is 29.8 Å². The largest absolute Gasteiger partial charge is 0.455 e. The van der Waals surface area contributed by atoms with Crippen LogP contribution in [0, 0.1) is 19.8 Å². The molecule has 1 saturated heterocycles. The van der Waals surface area contributed by atoms with E-state index in [0.29, 0.717) is 18.5 Å². The minimum Gasteiger partial charge on any atom is -0.455 e. The number of ether oxygens (including phenoxy) is 1. The average molecular weight is 487 g/mol. The van der Waals surface area contributed by atoms with Crippen LogP contribution in [-0.4, -0.2) is 44.3 Å². The molecule has 1 aliphatic heterocycles. The van der Waals surface area contributed by atoms with Gasteiger partial charge in [-0.3, -0.25) is 9.59 Å². The molecule has 1 N–H and O–H groups in total. The first kappa shape index (κ1) is 25.9. The summed E-state index contributed by atoms with van der Waals surface area (Å²) in [5.41, 5.74) is 3.71. The topological polar surface area (TPSA) is 92.8 Å². The number of anilines is 1. The second-order valence-electron chi connectivity index (χ2n) is 9.93. The maximum absolute atomic E-state index is 13.0. The number of carbonyl (C=O) groups is 2. The molecule has 0 unspecified atom stereocenters. The Labute approximate surface area is 202 Å². The number of carbonyl (C=O) groups excluding carboxylic acids is 2. The summed E-state index contributed by atoms with van der Waals surface area (Å²) in [7, 11) is -3.62. The molecular formula is C26H34N2O5S. The predicted octanol–water partition coefficient (Wildman–Crippen LogP) is 4.18. The zero-order chi connectivity index (χ0) is 25.1. The summed E-state index contributed by atoms with van der Waals surface area (Å²) in [5.74, 6) is -1.30. The minimum atomic E-state index is -3.62.